The number of rotatable bonds is 1. The molecule has 1 aromatic rings. The van der Waals surface area contributed by atoms with E-state index in [1.165, 1.54) is 0 Å². The second-order valence-corrected chi connectivity index (χ2v) is 2.11. The second kappa shape index (κ2) is 2.92. The summed E-state index contributed by atoms with van der Waals surface area (Å²) in [6.45, 7) is 0. The second-order valence-electron chi connectivity index (χ2n) is 1.77. The van der Waals surface area contributed by atoms with Crippen LogP contribution >= 0.6 is 11.6 Å². The summed E-state index contributed by atoms with van der Waals surface area (Å²) in [6.07, 6.45) is 0.665. The molecule has 0 aliphatic carbocycles. The zero-order valence-corrected chi connectivity index (χ0v) is 5.90. The van der Waals surface area contributed by atoms with E-state index in [0.717, 1.165) is 0 Å². The summed E-state index contributed by atoms with van der Waals surface area (Å²) in [7, 11) is 0. The SMILES string of the molecule is O=C(Cl)c1cc(F)cnc1F. The van der Waals surface area contributed by atoms with Gasteiger partial charge in [-0.05, 0) is 17.7 Å². The van der Waals surface area contributed by atoms with Crippen LogP contribution in [0.15, 0.2) is 12.3 Å². The Balaban J connectivity index is 3.23. The molecule has 11 heavy (non-hydrogen) atoms. The Hall–Kier alpha value is -1.03. The van der Waals surface area contributed by atoms with Gasteiger partial charge < -0.3 is 0 Å². The normalized spacial score (nSPS) is 9.73. The highest BCUT2D eigenvalue weighted by molar-refractivity contribution is 6.67. The number of pyridine rings is 1. The highest BCUT2D eigenvalue weighted by atomic mass is 35.5. The molecule has 0 spiro atoms. The summed E-state index contributed by atoms with van der Waals surface area (Å²) in [5.74, 6) is -1.86. The van der Waals surface area contributed by atoms with Gasteiger partial charge in [-0.25, -0.2) is 9.37 Å². The minimum atomic E-state index is -1.06. The van der Waals surface area contributed by atoms with E-state index in [0.29, 0.717) is 12.3 Å². The van der Waals surface area contributed by atoms with E-state index in [-0.39, 0.29) is 0 Å². The van der Waals surface area contributed by atoms with Gasteiger partial charge in [-0.15, -0.1) is 0 Å². The first kappa shape index (κ1) is 8.07. The molecular formula is C6H2ClF2NO. The maximum atomic E-state index is 12.4. The van der Waals surface area contributed by atoms with Gasteiger partial charge in [0, 0.05) is 0 Å². The van der Waals surface area contributed by atoms with Crippen LogP contribution in [0.1, 0.15) is 10.4 Å². The standard InChI is InChI=1S/C6H2ClF2NO/c7-5(11)4-1-3(8)2-10-6(4)9/h1-2H. The zero-order chi connectivity index (χ0) is 8.43. The molecule has 0 aliphatic heterocycles. The number of halogens is 3. The quantitative estimate of drug-likeness (QED) is 0.483. The van der Waals surface area contributed by atoms with Gasteiger partial charge in [-0.2, -0.15) is 4.39 Å². The third-order valence-electron chi connectivity index (χ3n) is 1.02. The summed E-state index contributed by atoms with van der Waals surface area (Å²) in [6, 6.07) is 0.692. The Morgan fingerprint density at radius 1 is 1.55 bits per heavy atom. The minimum Gasteiger partial charge on any atom is -0.275 e. The third kappa shape index (κ3) is 1.71. The van der Waals surface area contributed by atoms with Gasteiger partial charge in [0.2, 0.25) is 5.95 Å². The highest BCUT2D eigenvalue weighted by Gasteiger charge is 2.10. The van der Waals surface area contributed by atoms with Gasteiger partial charge >= 0.3 is 0 Å². The smallest absolute Gasteiger partial charge is 0.257 e. The van der Waals surface area contributed by atoms with Crippen molar-refractivity contribution in [2.24, 2.45) is 0 Å². The molecular weight excluding hydrogens is 176 g/mol. The predicted molar refractivity (Wildman–Crippen MR) is 34.3 cm³/mol. The van der Waals surface area contributed by atoms with Crippen molar-refractivity contribution in [2.75, 3.05) is 0 Å². The van der Waals surface area contributed by atoms with Gasteiger partial charge in [0.05, 0.1) is 11.8 Å². The minimum absolute atomic E-state index is 0.549. The average Bonchev–Trinajstić information content (AvgIpc) is 1.94. The Morgan fingerprint density at radius 2 is 2.18 bits per heavy atom. The van der Waals surface area contributed by atoms with Crippen molar-refractivity contribution in [3.8, 4) is 0 Å². The van der Waals surface area contributed by atoms with Crippen LogP contribution in [0.5, 0.6) is 0 Å². The van der Waals surface area contributed by atoms with Gasteiger partial charge in [0.15, 0.2) is 0 Å². The Kier molecular flexibility index (Phi) is 2.14. The molecule has 58 valence electrons. The number of aromatic nitrogens is 1. The topological polar surface area (TPSA) is 30.0 Å². The molecule has 1 rings (SSSR count). The average molecular weight is 178 g/mol. The molecule has 0 amide bonds. The van der Waals surface area contributed by atoms with Gasteiger partial charge in [0.1, 0.15) is 5.82 Å². The van der Waals surface area contributed by atoms with Crippen LogP contribution < -0.4 is 0 Å². The molecule has 1 aromatic heterocycles. The Morgan fingerprint density at radius 3 is 2.64 bits per heavy atom. The summed E-state index contributed by atoms with van der Waals surface area (Å²) in [4.78, 5) is 13.3. The van der Waals surface area contributed by atoms with E-state index in [9.17, 15) is 13.6 Å². The number of hydrogen-bond acceptors (Lipinski definition) is 2. The molecule has 2 nitrogen and oxygen atoms in total. The van der Waals surface area contributed by atoms with Crippen LogP contribution in [-0.2, 0) is 0 Å². The molecule has 0 N–H and O–H groups in total. The maximum Gasteiger partial charge on any atom is 0.257 e. The summed E-state index contributed by atoms with van der Waals surface area (Å²) >= 11 is 4.89. The lowest BCUT2D eigenvalue weighted by atomic mass is 10.3. The monoisotopic (exact) mass is 177 g/mol. The lowest BCUT2D eigenvalue weighted by Crippen LogP contribution is -1.98. The van der Waals surface area contributed by atoms with E-state index >= 15 is 0 Å². The van der Waals surface area contributed by atoms with Gasteiger partial charge in [-0.3, -0.25) is 4.79 Å². The van der Waals surface area contributed by atoms with Crippen molar-refractivity contribution in [1.29, 1.82) is 0 Å². The molecule has 0 unspecified atom stereocenters. The lowest BCUT2D eigenvalue weighted by Gasteiger charge is -1.93. The summed E-state index contributed by atoms with van der Waals surface area (Å²) in [5.41, 5.74) is -0.549. The van der Waals surface area contributed by atoms with E-state index in [1.54, 1.807) is 0 Å². The van der Waals surface area contributed by atoms with Gasteiger partial charge in [0.25, 0.3) is 5.24 Å². The number of carbonyl (C=O) groups is 1. The van der Waals surface area contributed by atoms with Crippen LogP contribution in [-0.4, -0.2) is 10.2 Å². The first-order valence-electron chi connectivity index (χ1n) is 2.62. The first-order valence-corrected chi connectivity index (χ1v) is 3.00. The molecule has 0 saturated heterocycles. The van der Waals surface area contributed by atoms with Crippen molar-refractivity contribution < 1.29 is 13.6 Å². The van der Waals surface area contributed by atoms with Gasteiger partial charge in [-0.1, -0.05) is 0 Å². The van der Waals surface area contributed by atoms with Crippen molar-refractivity contribution >= 4 is 16.8 Å². The fourth-order valence-corrected chi connectivity index (χ4v) is 0.693. The van der Waals surface area contributed by atoms with Crippen molar-refractivity contribution in [1.82, 2.24) is 4.98 Å². The van der Waals surface area contributed by atoms with Crippen LogP contribution in [0, 0.1) is 11.8 Å². The molecule has 0 atom stereocenters. The molecule has 0 bridgehead atoms. The molecule has 0 fully saturated rings. The predicted octanol–water partition coefficient (Wildman–Crippen LogP) is 1.74. The molecule has 0 radical (unpaired) electrons. The number of carbonyl (C=O) groups excluding carboxylic acids is 1. The summed E-state index contributed by atoms with van der Waals surface area (Å²) < 4.78 is 24.7. The first-order chi connectivity index (χ1) is 5.11. The number of hydrogen-bond donors (Lipinski definition) is 0. The maximum absolute atomic E-state index is 12.4. The Bertz CT molecular complexity index is 303. The van der Waals surface area contributed by atoms with Crippen LogP contribution in [0.25, 0.3) is 0 Å². The van der Waals surface area contributed by atoms with E-state index in [1.807, 2.05) is 0 Å². The third-order valence-corrected chi connectivity index (χ3v) is 1.22. The van der Waals surface area contributed by atoms with Crippen molar-refractivity contribution in [3.05, 3.63) is 29.6 Å². The molecule has 0 aromatic carbocycles. The Labute approximate surface area is 65.8 Å². The van der Waals surface area contributed by atoms with E-state index < -0.39 is 22.6 Å². The zero-order valence-electron chi connectivity index (χ0n) is 5.14. The molecule has 5 heteroatoms. The van der Waals surface area contributed by atoms with Crippen molar-refractivity contribution in [3.63, 3.8) is 0 Å². The highest BCUT2D eigenvalue weighted by Crippen LogP contribution is 2.08. The molecule has 0 aliphatic rings. The van der Waals surface area contributed by atoms with E-state index in [4.69, 9.17) is 11.6 Å². The van der Waals surface area contributed by atoms with Crippen LogP contribution in [0.2, 0.25) is 0 Å². The molecule has 0 saturated carbocycles. The lowest BCUT2D eigenvalue weighted by molar-refractivity contribution is 0.107. The summed E-state index contributed by atoms with van der Waals surface area (Å²) in [5, 5.41) is -1.06. The number of nitrogens with zero attached hydrogens (tertiary/aromatic N) is 1. The largest absolute Gasteiger partial charge is 0.275 e. The molecule has 1 heterocycles. The van der Waals surface area contributed by atoms with E-state index in [2.05, 4.69) is 4.98 Å². The van der Waals surface area contributed by atoms with Crippen LogP contribution in [0.3, 0.4) is 0 Å². The van der Waals surface area contributed by atoms with Crippen LogP contribution in [0.4, 0.5) is 8.78 Å². The van der Waals surface area contributed by atoms with Crippen molar-refractivity contribution in [2.45, 2.75) is 0 Å². The fraction of sp³-hybridized carbons (Fsp3) is 0. The fourth-order valence-electron chi connectivity index (χ4n) is 0.560.